The molecule has 0 amide bonds. The Balaban J connectivity index is 1.30. The molecule has 0 saturated carbocycles. The van der Waals surface area contributed by atoms with Gasteiger partial charge in [-0.25, -0.2) is 0 Å². The number of aryl methyl sites for hydroxylation is 1. The Bertz CT molecular complexity index is 968. The van der Waals surface area contributed by atoms with Gasteiger partial charge in [-0.2, -0.15) is 0 Å². The highest BCUT2D eigenvalue weighted by Gasteiger charge is 2.47. The van der Waals surface area contributed by atoms with Gasteiger partial charge in [0.2, 0.25) is 0 Å². The maximum atomic E-state index is 10.9. The van der Waals surface area contributed by atoms with Gasteiger partial charge in [0.05, 0.1) is 6.54 Å². The SMILES string of the molecule is O=C(O)CN1CC2(Cc3ccc(OC4CCc5cc(Cl)cc(Cl)c54)cc3C2)C1. The largest absolute Gasteiger partial charge is 0.486 e. The molecule has 4 nitrogen and oxygen atoms in total. The van der Waals surface area contributed by atoms with E-state index in [0.29, 0.717) is 10.0 Å². The number of aliphatic carboxylic acids is 1. The van der Waals surface area contributed by atoms with Gasteiger partial charge in [-0.05, 0) is 66.6 Å². The number of hydrogen-bond acceptors (Lipinski definition) is 3. The molecule has 2 aliphatic carbocycles. The van der Waals surface area contributed by atoms with Crippen LogP contribution in [0.3, 0.4) is 0 Å². The Hall–Kier alpha value is -1.75. The summed E-state index contributed by atoms with van der Waals surface area (Å²) in [6.45, 7) is 1.85. The van der Waals surface area contributed by atoms with Crippen molar-refractivity contribution < 1.29 is 14.6 Å². The summed E-state index contributed by atoms with van der Waals surface area (Å²) in [6.07, 6.45) is 3.81. The van der Waals surface area contributed by atoms with E-state index in [0.717, 1.165) is 50.1 Å². The third-order valence-electron chi connectivity index (χ3n) is 6.24. The van der Waals surface area contributed by atoms with Crippen LogP contribution in [-0.2, 0) is 24.1 Å². The van der Waals surface area contributed by atoms with Crippen molar-refractivity contribution in [1.82, 2.24) is 4.90 Å². The summed E-state index contributed by atoms with van der Waals surface area (Å²) < 4.78 is 6.33. The fourth-order valence-electron chi connectivity index (χ4n) is 5.23. The topological polar surface area (TPSA) is 49.8 Å². The average molecular weight is 418 g/mol. The molecule has 1 fully saturated rings. The molecule has 146 valence electrons. The first-order valence-electron chi connectivity index (χ1n) is 9.61. The van der Waals surface area contributed by atoms with Crippen LogP contribution in [0.1, 0.15) is 34.8 Å². The number of nitrogens with zero attached hydrogens (tertiary/aromatic N) is 1. The zero-order chi connectivity index (χ0) is 19.5. The average Bonchev–Trinajstić information content (AvgIpc) is 3.15. The molecule has 1 spiro atoms. The van der Waals surface area contributed by atoms with Crippen LogP contribution in [0.15, 0.2) is 30.3 Å². The number of benzene rings is 2. The molecule has 0 aromatic heterocycles. The van der Waals surface area contributed by atoms with Crippen molar-refractivity contribution in [3.8, 4) is 5.75 Å². The molecule has 5 rings (SSSR count). The van der Waals surface area contributed by atoms with E-state index in [9.17, 15) is 4.79 Å². The minimum Gasteiger partial charge on any atom is -0.486 e. The van der Waals surface area contributed by atoms with Crippen molar-refractivity contribution in [2.24, 2.45) is 5.41 Å². The highest BCUT2D eigenvalue weighted by Crippen LogP contribution is 2.46. The number of rotatable bonds is 4. The second kappa shape index (κ2) is 6.65. The normalized spacial score (nSPS) is 22.0. The predicted molar refractivity (Wildman–Crippen MR) is 109 cm³/mol. The summed E-state index contributed by atoms with van der Waals surface area (Å²) >= 11 is 12.6. The first-order valence-corrected chi connectivity index (χ1v) is 10.4. The van der Waals surface area contributed by atoms with Gasteiger partial charge in [0.25, 0.3) is 0 Å². The summed E-state index contributed by atoms with van der Waals surface area (Å²) in [4.78, 5) is 12.9. The summed E-state index contributed by atoms with van der Waals surface area (Å²) in [5.74, 6) is 0.124. The van der Waals surface area contributed by atoms with Crippen molar-refractivity contribution in [3.05, 3.63) is 62.6 Å². The Morgan fingerprint density at radius 2 is 1.93 bits per heavy atom. The van der Waals surface area contributed by atoms with Crippen molar-refractivity contribution in [3.63, 3.8) is 0 Å². The monoisotopic (exact) mass is 417 g/mol. The minimum atomic E-state index is -0.752. The van der Waals surface area contributed by atoms with E-state index in [-0.39, 0.29) is 18.1 Å². The quantitative estimate of drug-likeness (QED) is 0.792. The van der Waals surface area contributed by atoms with E-state index in [1.807, 2.05) is 17.0 Å². The van der Waals surface area contributed by atoms with Gasteiger partial charge < -0.3 is 9.84 Å². The number of hydrogen-bond donors (Lipinski definition) is 1. The summed E-state index contributed by atoms with van der Waals surface area (Å²) in [5.41, 5.74) is 5.13. The molecule has 6 heteroatoms. The lowest BCUT2D eigenvalue weighted by atomic mass is 9.77. The minimum absolute atomic E-state index is 0.0389. The Morgan fingerprint density at radius 1 is 1.14 bits per heavy atom. The van der Waals surface area contributed by atoms with Crippen LogP contribution in [0.4, 0.5) is 0 Å². The van der Waals surface area contributed by atoms with E-state index in [1.54, 1.807) is 6.07 Å². The number of likely N-dealkylation sites (tertiary alicyclic amines) is 1. The fourth-order valence-corrected chi connectivity index (χ4v) is 5.89. The van der Waals surface area contributed by atoms with Gasteiger partial charge in [-0.3, -0.25) is 9.69 Å². The Morgan fingerprint density at radius 3 is 2.71 bits per heavy atom. The Labute approximate surface area is 174 Å². The highest BCUT2D eigenvalue weighted by atomic mass is 35.5. The number of fused-ring (bicyclic) bond motifs is 2. The van der Waals surface area contributed by atoms with E-state index in [1.165, 1.54) is 16.7 Å². The van der Waals surface area contributed by atoms with Crippen LogP contribution in [0.5, 0.6) is 5.75 Å². The van der Waals surface area contributed by atoms with E-state index in [2.05, 4.69) is 12.1 Å². The zero-order valence-corrected chi connectivity index (χ0v) is 16.9. The molecule has 1 heterocycles. The van der Waals surface area contributed by atoms with Gasteiger partial charge in [-0.1, -0.05) is 29.3 Å². The smallest absolute Gasteiger partial charge is 0.317 e. The third-order valence-corrected chi connectivity index (χ3v) is 6.77. The first-order chi connectivity index (χ1) is 13.4. The third kappa shape index (κ3) is 3.18. The second-order valence-corrected chi connectivity index (χ2v) is 9.27. The number of carboxylic acids is 1. The van der Waals surface area contributed by atoms with Gasteiger partial charge >= 0.3 is 5.97 Å². The van der Waals surface area contributed by atoms with E-state index in [4.69, 9.17) is 33.0 Å². The maximum absolute atomic E-state index is 10.9. The number of carbonyl (C=O) groups is 1. The van der Waals surface area contributed by atoms with Crippen LogP contribution >= 0.6 is 23.2 Å². The molecule has 1 saturated heterocycles. The van der Waals surface area contributed by atoms with E-state index < -0.39 is 5.97 Å². The fraction of sp³-hybridized carbons (Fsp3) is 0.409. The molecular weight excluding hydrogens is 397 g/mol. The summed E-state index contributed by atoms with van der Waals surface area (Å²) in [7, 11) is 0. The molecule has 0 radical (unpaired) electrons. The molecule has 1 atom stereocenters. The van der Waals surface area contributed by atoms with Gasteiger partial charge in [0.15, 0.2) is 0 Å². The van der Waals surface area contributed by atoms with Crippen molar-refractivity contribution in [1.29, 1.82) is 0 Å². The lowest BCUT2D eigenvalue weighted by molar-refractivity contribution is -0.141. The number of ether oxygens (including phenoxy) is 1. The maximum Gasteiger partial charge on any atom is 0.317 e. The molecule has 2 aromatic carbocycles. The van der Waals surface area contributed by atoms with Gasteiger partial charge in [0.1, 0.15) is 11.9 Å². The van der Waals surface area contributed by atoms with Crippen LogP contribution < -0.4 is 4.74 Å². The van der Waals surface area contributed by atoms with Crippen molar-refractivity contribution in [2.75, 3.05) is 19.6 Å². The number of carboxylic acid groups (broad SMARTS) is 1. The van der Waals surface area contributed by atoms with Crippen LogP contribution in [0.2, 0.25) is 10.0 Å². The lowest BCUT2D eigenvalue weighted by Gasteiger charge is -2.47. The predicted octanol–water partition coefficient (Wildman–Crippen LogP) is 4.54. The van der Waals surface area contributed by atoms with E-state index >= 15 is 0 Å². The molecule has 1 aliphatic heterocycles. The first kappa shape index (κ1) is 18.3. The molecule has 1 unspecified atom stereocenters. The van der Waals surface area contributed by atoms with Crippen molar-refractivity contribution >= 4 is 29.2 Å². The molecule has 3 aliphatic rings. The molecule has 2 aromatic rings. The summed E-state index contributed by atoms with van der Waals surface area (Å²) in [6, 6.07) is 10.1. The standard InChI is InChI=1S/C22H21Cl2NO3/c23-16-5-13-2-4-19(21(13)18(24)7-16)28-17-3-1-14-8-22(9-15(14)6-17)11-25(12-22)10-20(26)27/h1,3,5-7,19H,2,4,8-12H2,(H,26,27). The molecular formula is C22H21Cl2NO3. The highest BCUT2D eigenvalue weighted by molar-refractivity contribution is 6.35. The van der Waals surface area contributed by atoms with Gasteiger partial charge in [-0.15, -0.1) is 0 Å². The van der Waals surface area contributed by atoms with Crippen LogP contribution in [0, 0.1) is 5.41 Å². The van der Waals surface area contributed by atoms with Crippen molar-refractivity contribution in [2.45, 2.75) is 31.8 Å². The Kier molecular flexibility index (Phi) is 4.34. The summed E-state index contributed by atoms with van der Waals surface area (Å²) in [5, 5.41) is 10.3. The number of halogens is 2. The van der Waals surface area contributed by atoms with Gasteiger partial charge in [0, 0.05) is 34.1 Å². The van der Waals surface area contributed by atoms with Crippen LogP contribution in [0.25, 0.3) is 0 Å². The molecule has 28 heavy (non-hydrogen) atoms. The second-order valence-electron chi connectivity index (χ2n) is 8.43. The lowest BCUT2D eigenvalue weighted by Crippen LogP contribution is -2.58. The molecule has 0 bridgehead atoms. The van der Waals surface area contributed by atoms with Crippen LogP contribution in [-0.4, -0.2) is 35.6 Å². The zero-order valence-electron chi connectivity index (χ0n) is 15.4. The molecule has 1 N–H and O–H groups in total.